The van der Waals surface area contributed by atoms with E-state index in [0.717, 1.165) is 18.1 Å². The largest absolute Gasteiger partial charge is 0.326 e. The SMILES string of the molecule is CC(N)C(c1cccc(Cl)c1)N(C)CCN1CCCC1. The maximum Gasteiger partial charge on any atom is 0.0494 e. The molecule has 0 bridgehead atoms. The maximum absolute atomic E-state index is 6.21. The van der Waals surface area contributed by atoms with E-state index in [2.05, 4.69) is 29.8 Å². The van der Waals surface area contributed by atoms with Gasteiger partial charge in [-0.25, -0.2) is 0 Å². The van der Waals surface area contributed by atoms with Gasteiger partial charge in [-0.05, 0) is 57.6 Å². The Labute approximate surface area is 127 Å². The number of likely N-dealkylation sites (N-methyl/N-ethyl adjacent to an activating group) is 1. The van der Waals surface area contributed by atoms with Crippen molar-refractivity contribution >= 4 is 11.6 Å². The fourth-order valence-corrected chi connectivity index (χ4v) is 3.29. The quantitative estimate of drug-likeness (QED) is 0.876. The molecule has 2 rings (SSSR count). The van der Waals surface area contributed by atoms with Crippen LogP contribution in [0.3, 0.4) is 0 Å². The number of benzene rings is 1. The molecule has 0 spiro atoms. The molecule has 1 aromatic rings. The Morgan fingerprint density at radius 1 is 1.35 bits per heavy atom. The third-order valence-corrected chi connectivity index (χ3v) is 4.37. The zero-order valence-corrected chi connectivity index (χ0v) is 13.3. The number of nitrogens with two attached hydrogens (primary N) is 1. The Hall–Kier alpha value is -0.610. The van der Waals surface area contributed by atoms with Crippen LogP contribution in [0.1, 0.15) is 31.4 Å². The fourth-order valence-electron chi connectivity index (χ4n) is 3.09. The molecule has 1 saturated heterocycles. The predicted octanol–water partition coefficient (Wildman–Crippen LogP) is 2.76. The van der Waals surface area contributed by atoms with Crippen molar-refractivity contribution in [2.45, 2.75) is 31.8 Å². The van der Waals surface area contributed by atoms with E-state index in [0.29, 0.717) is 0 Å². The molecule has 112 valence electrons. The van der Waals surface area contributed by atoms with Crippen LogP contribution in [0.2, 0.25) is 5.02 Å². The van der Waals surface area contributed by atoms with E-state index >= 15 is 0 Å². The topological polar surface area (TPSA) is 32.5 Å². The second-order valence-corrected chi connectivity index (χ2v) is 6.32. The van der Waals surface area contributed by atoms with Gasteiger partial charge >= 0.3 is 0 Å². The molecule has 1 fully saturated rings. The lowest BCUT2D eigenvalue weighted by molar-refractivity contribution is 0.189. The lowest BCUT2D eigenvalue weighted by Gasteiger charge is -2.32. The molecule has 0 aliphatic carbocycles. The highest BCUT2D eigenvalue weighted by molar-refractivity contribution is 6.30. The summed E-state index contributed by atoms with van der Waals surface area (Å²) < 4.78 is 0. The van der Waals surface area contributed by atoms with E-state index < -0.39 is 0 Å². The maximum atomic E-state index is 6.21. The van der Waals surface area contributed by atoms with Crippen molar-refractivity contribution in [3.8, 4) is 0 Å². The van der Waals surface area contributed by atoms with Crippen LogP contribution in [0, 0.1) is 0 Å². The summed E-state index contributed by atoms with van der Waals surface area (Å²) in [5.41, 5.74) is 7.41. The first-order valence-electron chi connectivity index (χ1n) is 7.51. The van der Waals surface area contributed by atoms with Gasteiger partial charge in [-0.15, -0.1) is 0 Å². The highest BCUT2D eigenvalue weighted by Crippen LogP contribution is 2.24. The Balaban J connectivity index is 1.99. The van der Waals surface area contributed by atoms with Gasteiger partial charge in [0, 0.05) is 30.2 Å². The Morgan fingerprint density at radius 3 is 2.65 bits per heavy atom. The predicted molar refractivity (Wildman–Crippen MR) is 86.1 cm³/mol. The number of likely N-dealkylation sites (tertiary alicyclic amines) is 1. The molecule has 3 nitrogen and oxygen atoms in total. The van der Waals surface area contributed by atoms with Crippen LogP contribution in [-0.2, 0) is 0 Å². The molecule has 1 aliphatic heterocycles. The van der Waals surface area contributed by atoms with Gasteiger partial charge in [-0.2, -0.15) is 0 Å². The summed E-state index contributed by atoms with van der Waals surface area (Å²) in [4.78, 5) is 4.89. The summed E-state index contributed by atoms with van der Waals surface area (Å²) in [7, 11) is 2.16. The normalized spacial score (nSPS) is 19.4. The first kappa shape index (κ1) is 15.8. The molecule has 1 aliphatic rings. The second-order valence-electron chi connectivity index (χ2n) is 5.89. The van der Waals surface area contributed by atoms with Gasteiger partial charge in [0.1, 0.15) is 0 Å². The Bertz CT molecular complexity index is 416. The number of hydrogen-bond acceptors (Lipinski definition) is 3. The number of rotatable bonds is 6. The van der Waals surface area contributed by atoms with Crippen molar-refractivity contribution in [3.05, 3.63) is 34.9 Å². The minimum atomic E-state index is 0.0806. The van der Waals surface area contributed by atoms with Crippen LogP contribution >= 0.6 is 11.6 Å². The van der Waals surface area contributed by atoms with Crippen LogP contribution in [0.15, 0.2) is 24.3 Å². The summed E-state index contributed by atoms with van der Waals surface area (Å²) >= 11 is 6.11. The molecule has 2 N–H and O–H groups in total. The molecule has 2 unspecified atom stereocenters. The molecule has 0 amide bonds. The monoisotopic (exact) mass is 295 g/mol. The van der Waals surface area contributed by atoms with E-state index in [9.17, 15) is 0 Å². The van der Waals surface area contributed by atoms with Gasteiger partial charge in [0.25, 0.3) is 0 Å². The molecule has 2 atom stereocenters. The lowest BCUT2D eigenvalue weighted by Crippen LogP contribution is -2.40. The Kier molecular flexibility index (Phi) is 5.85. The fraction of sp³-hybridized carbons (Fsp3) is 0.625. The van der Waals surface area contributed by atoms with E-state index in [-0.39, 0.29) is 12.1 Å². The van der Waals surface area contributed by atoms with Crippen LogP contribution < -0.4 is 5.73 Å². The van der Waals surface area contributed by atoms with Crippen molar-refractivity contribution in [1.29, 1.82) is 0 Å². The van der Waals surface area contributed by atoms with Gasteiger partial charge in [0.15, 0.2) is 0 Å². The molecule has 0 aromatic heterocycles. The second kappa shape index (κ2) is 7.41. The van der Waals surface area contributed by atoms with Crippen molar-refractivity contribution in [3.63, 3.8) is 0 Å². The summed E-state index contributed by atoms with van der Waals surface area (Å²) in [5.74, 6) is 0. The number of halogens is 1. The zero-order valence-electron chi connectivity index (χ0n) is 12.6. The van der Waals surface area contributed by atoms with Crippen molar-refractivity contribution in [2.24, 2.45) is 5.73 Å². The minimum absolute atomic E-state index is 0.0806. The summed E-state index contributed by atoms with van der Waals surface area (Å²) in [6.07, 6.45) is 2.68. The lowest BCUT2D eigenvalue weighted by atomic mass is 9.99. The smallest absolute Gasteiger partial charge is 0.0494 e. The van der Waals surface area contributed by atoms with Crippen LogP contribution in [0.4, 0.5) is 0 Å². The molecular formula is C16H26ClN3. The number of nitrogens with zero attached hydrogens (tertiary/aromatic N) is 2. The first-order chi connectivity index (χ1) is 9.58. The first-order valence-corrected chi connectivity index (χ1v) is 7.89. The molecule has 1 aromatic carbocycles. The van der Waals surface area contributed by atoms with Gasteiger partial charge < -0.3 is 10.6 Å². The van der Waals surface area contributed by atoms with Crippen LogP contribution in [-0.4, -0.2) is 49.1 Å². The van der Waals surface area contributed by atoms with Crippen LogP contribution in [0.5, 0.6) is 0 Å². The van der Waals surface area contributed by atoms with Gasteiger partial charge in [0.05, 0.1) is 0 Å². The van der Waals surface area contributed by atoms with Crippen molar-refractivity contribution in [1.82, 2.24) is 9.80 Å². The standard InChI is InChI=1S/C16H26ClN3/c1-13(18)16(14-6-5-7-15(17)12-14)19(2)10-11-20-8-3-4-9-20/h5-7,12-13,16H,3-4,8-11,18H2,1-2H3. The molecule has 0 saturated carbocycles. The van der Waals surface area contributed by atoms with E-state index in [1.165, 1.54) is 31.5 Å². The third kappa shape index (κ3) is 4.19. The molecule has 4 heteroatoms. The molecule has 1 heterocycles. The van der Waals surface area contributed by atoms with E-state index in [1.807, 2.05) is 18.2 Å². The summed E-state index contributed by atoms with van der Waals surface area (Å²) in [5, 5.41) is 0.779. The highest BCUT2D eigenvalue weighted by atomic mass is 35.5. The Morgan fingerprint density at radius 2 is 2.05 bits per heavy atom. The minimum Gasteiger partial charge on any atom is -0.326 e. The third-order valence-electron chi connectivity index (χ3n) is 4.13. The van der Waals surface area contributed by atoms with Gasteiger partial charge in [-0.1, -0.05) is 23.7 Å². The number of hydrogen-bond donors (Lipinski definition) is 1. The van der Waals surface area contributed by atoms with E-state index in [4.69, 9.17) is 17.3 Å². The van der Waals surface area contributed by atoms with Crippen molar-refractivity contribution < 1.29 is 0 Å². The molecular weight excluding hydrogens is 270 g/mol. The highest BCUT2D eigenvalue weighted by Gasteiger charge is 2.22. The zero-order chi connectivity index (χ0) is 14.5. The average molecular weight is 296 g/mol. The van der Waals surface area contributed by atoms with Crippen molar-refractivity contribution in [2.75, 3.05) is 33.2 Å². The van der Waals surface area contributed by atoms with E-state index in [1.54, 1.807) is 0 Å². The average Bonchev–Trinajstić information content (AvgIpc) is 2.89. The summed E-state index contributed by atoms with van der Waals surface area (Å²) in [6.45, 7) is 6.72. The van der Waals surface area contributed by atoms with Gasteiger partial charge in [0.2, 0.25) is 0 Å². The molecule has 20 heavy (non-hydrogen) atoms. The summed E-state index contributed by atoms with van der Waals surface area (Å²) in [6, 6.07) is 8.36. The molecule has 0 radical (unpaired) electrons. The van der Waals surface area contributed by atoms with Gasteiger partial charge in [-0.3, -0.25) is 4.90 Å². The van der Waals surface area contributed by atoms with Crippen LogP contribution in [0.25, 0.3) is 0 Å².